The number of carbonyl (C=O) groups excluding carboxylic acids is 1. The van der Waals surface area contributed by atoms with E-state index in [2.05, 4.69) is 0 Å². The molecule has 23 heavy (non-hydrogen) atoms. The number of hydrogen-bond donors (Lipinski definition) is 1. The van der Waals surface area contributed by atoms with Crippen LogP contribution in [0.3, 0.4) is 0 Å². The van der Waals surface area contributed by atoms with Crippen molar-refractivity contribution in [2.75, 3.05) is 38.3 Å². The third-order valence-corrected chi connectivity index (χ3v) is 4.48. The van der Waals surface area contributed by atoms with Crippen LogP contribution in [0.4, 0.5) is 10.5 Å². The molecule has 0 aliphatic carbocycles. The first-order chi connectivity index (χ1) is 10.8. The van der Waals surface area contributed by atoms with Crippen LogP contribution in [0.5, 0.6) is 0 Å². The molecule has 126 valence electrons. The van der Waals surface area contributed by atoms with Crippen LogP contribution in [0, 0.1) is 0 Å². The van der Waals surface area contributed by atoms with E-state index < -0.39 is 12.3 Å². The molecule has 3 rings (SSSR count). The van der Waals surface area contributed by atoms with Gasteiger partial charge in [0.05, 0.1) is 26.3 Å². The molecule has 1 aromatic carbocycles. The molecular weight excluding hydrogens is 295 g/mol. The zero-order valence-electron chi connectivity index (χ0n) is 14.3. The Morgan fingerprint density at radius 3 is 2.26 bits per heavy atom. The minimum atomic E-state index is -1.41. The predicted molar refractivity (Wildman–Crippen MR) is 89.1 cm³/mol. The molecule has 0 bridgehead atoms. The lowest BCUT2D eigenvalue weighted by atomic mass is 9.63. The van der Waals surface area contributed by atoms with Crippen molar-refractivity contribution < 1.29 is 23.7 Å². The zero-order valence-corrected chi connectivity index (χ0v) is 14.3. The Morgan fingerprint density at radius 2 is 1.74 bits per heavy atom. The van der Waals surface area contributed by atoms with Gasteiger partial charge in [0.2, 0.25) is 0 Å². The van der Waals surface area contributed by atoms with Crippen molar-refractivity contribution in [3.63, 3.8) is 0 Å². The Labute approximate surface area is 137 Å². The number of anilines is 1. The molecular formula is C16H25BN2O4. The third kappa shape index (κ3) is 3.09. The largest absolute Gasteiger partial charge is 0.505 e. The standard InChI is InChI=1S/C16H25BN2O4/c1-16(2,3)23-15(20)18(4)14-7-5-13(6-8-14)17-19(9-11-21-17)10-12-22-17/h5-8,19H,9-12H2,1-4H3. The molecule has 1 N–H and O–H groups in total. The smallest absolute Gasteiger partial charge is 0.501 e. The molecule has 2 aliphatic rings. The van der Waals surface area contributed by atoms with Gasteiger partial charge >= 0.3 is 12.8 Å². The molecule has 0 atom stereocenters. The monoisotopic (exact) mass is 320 g/mol. The van der Waals surface area contributed by atoms with Crippen molar-refractivity contribution in [2.24, 2.45) is 0 Å². The molecule has 0 radical (unpaired) electrons. The van der Waals surface area contributed by atoms with Gasteiger partial charge in [-0.1, -0.05) is 17.6 Å². The Balaban J connectivity index is 1.76. The summed E-state index contributed by atoms with van der Waals surface area (Å²) in [7, 11) is 1.71. The van der Waals surface area contributed by atoms with Gasteiger partial charge in [0, 0.05) is 12.7 Å². The second-order valence-electron chi connectivity index (χ2n) is 7.24. The highest BCUT2D eigenvalue weighted by Gasteiger charge is 2.50. The van der Waals surface area contributed by atoms with Gasteiger partial charge in [0.15, 0.2) is 0 Å². The van der Waals surface area contributed by atoms with Crippen LogP contribution in [0.15, 0.2) is 24.3 Å². The van der Waals surface area contributed by atoms with Crippen molar-refractivity contribution in [1.29, 1.82) is 0 Å². The lowest BCUT2D eigenvalue weighted by molar-refractivity contribution is -0.781. The summed E-state index contributed by atoms with van der Waals surface area (Å²) < 4.78 is 17.3. The number of hydrogen-bond acceptors (Lipinski definition) is 4. The quantitative estimate of drug-likeness (QED) is 0.788. The maximum Gasteiger partial charge on any atom is 0.501 e. The molecule has 0 saturated carbocycles. The summed E-state index contributed by atoms with van der Waals surface area (Å²) in [6, 6.07) is 7.81. The summed E-state index contributed by atoms with van der Waals surface area (Å²) >= 11 is 0. The van der Waals surface area contributed by atoms with Gasteiger partial charge < -0.3 is 18.9 Å². The van der Waals surface area contributed by atoms with E-state index in [-0.39, 0.29) is 6.09 Å². The van der Waals surface area contributed by atoms with E-state index in [9.17, 15) is 4.79 Å². The van der Waals surface area contributed by atoms with Gasteiger partial charge in [0.1, 0.15) is 5.60 Å². The van der Waals surface area contributed by atoms with E-state index in [1.807, 2.05) is 45.0 Å². The summed E-state index contributed by atoms with van der Waals surface area (Å²) in [5.41, 5.74) is 1.33. The Hall–Kier alpha value is -1.57. The molecule has 2 fully saturated rings. The molecule has 2 heterocycles. The van der Waals surface area contributed by atoms with Gasteiger partial charge in [0.25, 0.3) is 0 Å². The molecule has 1 aromatic rings. The van der Waals surface area contributed by atoms with E-state index >= 15 is 0 Å². The lowest BCUT2D eigenvalue weighted by Gasteiger charge is -2.32. The summed E-state index contributed by atoms with van der Waals surface area (Å²) in [5, 5.41) is 0. The number of carbonyl (C=O) groups is 1. The van der Waals surface area contributed by atoms with Gasteiger partial charge in [-0.2, -0.15) is 0 Å². The van der Waals surface area contributed by atoms with E-state index in [1.54, 1.807) is 7.05 Å². The van der Waals surface area contributed by atoms with E-state index in [0.29, 0.717) is 0 Å². The number of benzene rings is 1. The fourth-order valence-electron chi connectivity index (χ4n) is 3.32. The van der Waals surface area contributed by atoms with E-state index in [1.165, 1.54) is 9.71 Å². The predicted octanol–water partition coefficient (Wildman–Crippen LogP) is 0.149. The fraction of sp³-hybridized carbons (Fsp3) is 0.562. The normalized spacial score (nSPS) is 26.9. The van der Waals surface area contributed by atoms with Crippen LogP contribution >= 0.6 is 0 Å². The third-order valence-electron chi connectivity index (χ3n) is 4.48. The first-order valence-corrected chi connectivity index (χ1v) is 8.16. The Bertz CT molecular complexity index is 575. The van der Waals surface area contributed by atoms with E-state index in [4.69, 9.17) is 14.0 Å². The summed E-state index contributed by atoms with van der Waals surface area (Å²) in [4.78, 5) is 15.0. The van der Waals surface area contributed by atoms with Crippen molar-refractivity contribution in [3.8, 4) is 0 Å². The second kappa shape index (κ2) is 5.81. The topological polar surface area (TPSA) is 52.4 Å². The van der Waals surface area contributed by atoms with Crippen molar-refractivity contribution >= 4 is 23.9 Å². The number of quaternary nitrogens is 1. The number of nitrogens with one attached hydrogen (secondary N) is 1. The highest BCUT2D eigenvalue weighted by molar-refractivity contribution is 6.74. The average Bonchev–Trinajstić information content (AvgIpc) is 3.05. The minimum Gasteiger partial charge on any atom is -0.505 e. The van der Waals surface area contributed by atoms with Gasteiger partial charge in [-0.05, 0) is 32.9 Å². The van der Waals surface area contributed by atoms with Gasteiger partial charge in [-0.3, -0.25) is 4.90 Å². The number of amides is 1. The van der Waals surface area contributed by atoms with Crippen molar-refractivity contribution in [2.45, 2.75) is 26.4 Å². The number of nitrogens with zero attached hydrogens (tertiary/aromatic N) is 1. The number of rotatable bonds is 2. The Morgan fingerprint density at radius 1 is 1.17 bits per heavy atom. The molecule has 6 nitrogen and oxygen atoms in total. The van der Waals surface area contributed by atoms with E-state index in [0.717, 1.165) is 37.5 Å². The first kappa shape index (κ1) is 16.3. The SMILES string of the molecule is CN(C(=O)OC(C)(C)C)c1ccc([B-]23OCC[NH+]2CCO3)cc1. The van der Waals surface area contributed by atoms with Crippen LogP contribution in [-0.4, -0.2) is 51.7 Å². The zero-order chi connectivity index (χ0) is 16.7. The van der Waals surface area contributed by atoms with Gasteiger partial charge in [-0.25, -0.2) is 4.79 Å². The van der Waals surface area contributed by atoms with Crippen LogP contribution in [0.1, 0.15) is 20.8 Å². The molecule has 2 saturated heterocycles. The van der Waals surface area contributed by atoms with Crippen LogP contribution in [0.2, 0.25) is 0 Å². The van der Waals surface area contributed by atoms with Crippen LogP contribution in [-0.2, 0) is 14.0 Å². The second-order valence-corrected chi connectivity index (χ2v) is 7.24. The molecule has 1 amide bonds. The first-order valence-electron chi connectivity index (χ1n) is 8.16. The van der Waals surface area contributed by atoms with Crippen molar-refractivity contribution in [3.05, 3.63) is 24.3 Å². The number of ether oxygens (including phenoxy) is 1. The highest BCUT2D eigenvalue weighted by Crippen LogP contribution is 2.17. The van der Waals surface area contributed by atoms with Gasteiger partial charge in [-0.15, -0.1) is 0 Å². The molecule has 0 aromatic heterocycles. The molecule has 7 heteroatoms. The maximum absolute atomic E-state index is 12.1. The average molecular weight is 320 g/mol. The number of fused-ring (bicyclic) bond motifs is 1. The minimum absolute atomic E-state index is 0.365. The van der Waals surface area contributed by atoms with Crippen molar-refractivity contribution in [1.82, 2.24) is 0 Å². The Kier molecular flexibility index (Phi) is 4.12. The molecule has 2 aliphatic heterocycles. The summed E-state index contributed by atoms with van der Waals surface area (Å²) in [5.74, 6) is 0. The maximum atomic E-state index is 12.1. The summed E-state index contributed by atoms with van der Waals surface area (Å²) in [6.45, 7) is 7.60. The van der Waals surface area contributed by atoms with Crippen LogP contribution < -0.4 is 15.2 Å². The lowest BCUT2D eigenvalue weighted by Crippen LogP contribution is -3.21. The molecule has 0 spiro atoms. The fourth-order valence-corrected chi connectivity index (χ4v) is 3.32. The molecule has 0 unspecified atom stereocenters. The van der Waals surface area contributed by atoms with Crippen LogP contribution in [0.25, 0.3) is 0 Å². The summed E-state index contributed by atoms with van der Waals surface area (Å²) in [6.07, 6.45) is -0.365. The highest BCUT2D eigenvalue weighted by atomic mass is 16.6.